The van der Waals surface area contributed by atoms with Crippen LogP contribution >= 0.6 is 0 Å². The SMILES string of the molecule is CCN(CC)Cc1ccc(C(=O)Nc2ccc(C(=O)N3CC(=O)Nc4ccccc43)cc2)cc1. The Labute approximate surface area is 199 Å². The molecule has 174 valence electrons. The highest BCUT2D eigenvalue weighted by atomic mass is 16.2. The molecule has 1 aliphatic heterocycles. The summed E-state index contributed by atoms with van der Waals surface area (Å²) < 4.78 is 0. The number of carbonyl (C=O) groups excluding carboxylic acids is 3. The zero-order valence-electron chi connectivity index (χ0n) is 19.4. The van der Waals surface area contributed by atoms with Crippen molar-refractivity contribution < 1.29 is 14.4 Å². The molecule has 3 aromatic carbocycles. The molecule has 1 heterocycles. The summed E-state index contributed by atoms with van der Waals surface area (Å²) in [7, 11) is 0. The first-order chi connectivity index (χ1) is 16.5. The van der Waals surface area contributed by atoms with Crippen LogP contribution in [0, 0.1) is 0 Å². The highest BCUT2D eigenvalue weighted by Gasteiger charge is 2.27. The highest BCUT2D eigenvalue weighted by molar-refractivity contribution is 6.15. The third-order valence-corrected chi connectivity index (χ3v) is 5.92. The first kappa shape index (κ1) is 23.2. The summed E-state index contributed by atoms with van der Waals surface area (Å²) in [5.74, 6) is -0.724. The number of carbonyl (C=O) groups is 3. The molecule has 7 heteroatoms. The molecule has 7 nitrogen and oxygen atoms in total. The van der Waals surface area contributed by atoms with Gasteiger partial charge in [-0.05, 0) is 67.2 Å². The van der Waals surface area contributed by atoms with Gasteiger partial charge in [-0.2, -0.15) is 0 Å². The number of fused-ring (bicyclic) bond motifs is 1. The maximum atomic E-state index is 13.1. The van der Waals surface area contributed by atoms with Crippen molar-refractivity contribution in [3.05, 3.63) is 89.5 Å². The van der Waals surface area contributed by atoms with Crippen molar-refractivity contribution in [1.82, 2.24) is 4.90 Å². The molecule has 0 aromatic heterocycles. The largest absolute Gasteiger partial charge is 0.323 e. The molecule has 0 radical (unpaired) electrons. The molecule has 3 aromatic rings. The number of amides is 3. The van der Waals surface area contributed by atoms with Gasteiger partial charge in [0, 0.05) is 23.4 Å². The predicted octanol–water partition coefficient (Wildman–Crippen LogP) is 4.38. The third-order valence-electron chi connectivity index (χ3n) is 5.92. The number of hydrogen-bond acceptors (Lipinski definition) is 4. The summed E-state index contributed by atoms with van der Waals surface area (Å²) >= 11 is 0. The van der Waals surface area contributed by atoms with E-state index in [4.69, 9.17) is 0 Å². The van der Waals surface area contributed by atoms with Crippen molar-refractivity contribution in [1.29, 1.82) is 0 Å². The Hall–Kier alpha value is -3.97. The van der Waals surface area contributed by atoms with Crippen molar-refractivity contribution in [3.8, 4) is 0 Å². The topological polar surface area (TPSA) is 81.8 Å². The Kier molecular flexibility index (Phi) is 7.04. The molecular formula is C27H28N4O3. The number of nitrogens with one attached hydrogen (secondary N) is 2. The van der Waals surface area contributed by atoms with Gasteiger partial charge < -0.3 is 10.6 Å². The van der Waals surface area contributed by atoms with E-state index in [1.165, 1.54) is 4.90 Å². The summed E-state index contributed by atoms with van der Waals surface area (Å²) in [6.07, 6.45) is 0. The molecule has 0 unspecified atom stereocenters. The van der Waals surface area contributed by atoms with Gasteiger partial charge in [-0.1, -0.05) is 38.1 Å². The second-order valence-corrected chi connectivity index (χ2v) is 8.15. The lowest BCUT2D eigenvalue weighted by Crippen LogP contribution is -2.42. The lowest BCUT2D eigenvalue weighted by molar-refractivity contribution is -0.115. The van der Waals surface area contributed by atoms with Crippen LogP contribution in [0.3, 0.4) is 0 Å². The molecule has 0 atom stereocenters. The molecule has 3 amide bonds. The molecule has 0 saturated heterocycles. The lowest BCUT2D eigenvalue weighted by Gasteiger charge is -2.29. The number of nitrogens with zero attached hydrogens (tertiary/aromatic N) is 2. The fourth-order valence-electron chi connectivity index (χ4n) is 3.94. The molecule has 0 spiro atoms. The van der Waals surface area contributed by atoms with Crippen LogP contribution in [0.4, 0.5) is 17.1 Å². The summed E-state index contributed by atoms with van der Waals surface area (Å²) in [5, 5.41) is 5.65. The number of anilines is 3. The second kappa shape index (κ2) is 10.3. The molecule has 1 aliphatic rings. The van der Waals surface area contributed by atoms with Crippen molar-refractivity contribution in [2.75, 3.05) is 35.2 Å². The first-order valence-electron chi connectivity index (χ1n) is 11.4. The fourth-order valence-corrected chi connectivity index (χ4v) is 3.94. The third kappa shape index (κ3) is 5.15. The van der Waals surface area contributed by atoms with Crippen LogP contribution in [0.15, 0.2) is 72.8 Å². The fraction of sp³-hybridized carbons (Fsp3) is 0.222. The van der Waals surface area contributed by atoms with Gasteiger partial charge in [-0.25, -0.2) is 0 Å². The van der Waals surface area contributed by atoms with Crippen molar-refractivity contribution in [2.45, 2.75) is 20.4 Å². The average molecular weight is 457 g/mol. The van der Waals surface area contributed by atoms with Gasteiger partial charge in [0.15, 0.2) is 0 Å². The number of rotatable bonds is 7. The summed E-state index contributed by atoms with van der Waals surface area (Å²) in [6, 6.07) is 21.5. The van der Waals surface area contributed by atoms with Crippen LogP contribution in [-0.2, 0) is 11.3 Å². The van der Waals surface area contributed by atoms with Crippen LogP contribution in [0.5, 0.6) is 0 Å². The molecule has 0 saturated carbocycles. The summed E-state index contributed by atoms with van der Waals surface area (Å²) in [5.41, 5.74) is 4.03. The molecular weight excluding hydrogens is 428 g/mol. The molecule has 0 aliphatic carbocycles. The van der Waals surface area contributed by atoms with Crippen molar-refractivity contribution >= 4 is 34.8 Å². The van der Waals surface area contributed by atoms with Crippen molar-refractivity contribution in [2.24, 2.45) is 0 Å². The Balaban J connectivity index is 1.42. The zero-order chi connectivity index (χ0) is 24.1. The Morgan fingerprint density at radius 3 is 2.24 bits per heavy atom. The van der Waals surface area contributed by atoms with E-state index in [2.05, 4.69) is 29.4 Å². The van der Waals surface area contributed by atoms with Gasteiger partial charge >= 0.3 is 0 Å². The summed E-state index contributed by atoms with van der Waals surface area (Å²) in [6.45, 7) is 7.04. The standard InChI is InChI=1S/C27H28N4O3/c1-3-30(4-2)17-19-9-11-20(12-10-19)26(33)28-22-15-13-21(14-16-22)27(34)31-18-25(32)29-23-7-5-6-8-24(23)31/h5-16H,3-4,17-18H2,1-2H3,(H,28,33)(H,29,32). The first-order valence-corrected chi connectivity index (χ1v) is 11.4. The van der Waals surface area contributed by atoms with E-state index in [-0.39, 0.29) is 24.3 Å². The Morgan fingerprint density at radius 2 is 1.56 bits per heavy atom. The predicted molar refractivity (Wildman–Crippen MR) is 134 cm³/mol. The molecule has 34 heavy (non-hydrogen) atoms. The van der Waals surface area contributed by atoms with Crippen LogP contribution < -0.4 is 15.5 Å². The molecule has 4 rings (SSSR count). The number of hydrogen-bond donors (Lipinski definition) is 2. The number of para-hydroxylation sites is 2. The molecule has 2 N–H and O–H groups in total. The second-order valence-electron chi connectivity index (χ2n) is 8.15. The van der Waals surface area contributed by atoms with E-state index in [0.717, 1.165) is 25.2 Å². The van der Waals surface area contributed by atoms with E-state index >= 15 is 0 Å². The molecule has 0 bridgehead atoms. The van der Waals surface area contributed by atoms with Crippen LogP contribution in [0.1, 0.15) is 40.1 Å². The van der Waals surface area contributed by atoms with E-state index < -0.39 is 0 Å². The van der Waals surface area contributed by atoms with E-state index in [9.17, 15) is 14.4 Å². The van der Waals surface area contributed by atoms with Gasteiger partial charge in [0.05, 0.1) is 11.4 Å². The van der Waals surface area contributed by atoms with Crippen LogP contribution in [-0.4, -0.2) is 42.3 Å². The van der Waals surface area contributed by atoms with Crippen molar-refractivity contribution in [3.63, 3.8) is 0 Å². The van der Waals surface area contributed by atoms with Gasteiger partial charge in [-0.3, -0.25) is 24.2 Å². The maximum Gasteiger partial charge on any atom is 0.258 e. The van der Waals surface area contributed by atoms with Gasteiger partial charge in [0.1, 0.15) is 6.54 Å². The average Bonchev–Trinajstić information content (AvgIpc) is 2.87. The van der Waals surface area contributed by atoms with E-state index in [1.54, 1.807) is 36.4 Å². The minimum absolute atomic E-state index is 0.0431. The Morgan fingerprint density at radius 1 is 0.912 bits per heavy atom. The van der Waals surface area contributed by atoms with Crippen LogP contribution in [0.25, 0.3) is 0 Å². The molecule has 0 fully saturated rings. The summed E-state index contributed by atoms with van der Waals surface area (Å²) in [4.78, 5) is 41.5. The smallest absolute Gasteiger partial charge is 0.258 e. The quantitative estimate of drug-likeness (QED) is 0.553. The van der Waals surface area contributed by atoms with E-state index in [0.29, 0.717) is 28.2 Å². The van der Waals surface area contributed by atoms with Gasteiger partial charge in [0.25, 0.3) is 11.8 Å². The van der Waals surface area contributed by atoms with Gasteiger partial charge in [0.2, 0.25) is 5.91 Å². The normalized spacial score (nSPS) is 12.8. The van der Waals surface area contributed by atoms with Crippen LogP contribution in [0.2, 0.25) is 0 Å². The van der Waals surface area contributed by atoms with E-state index in [1.807, 2.05) is 36.4 Å². The Bertz CT molecular complexity index is 1190. The number of benzene rings is 3. The zero-order valence-corrected chi connectivity index (χ0v) is 19.4. The monoisotopic (exact) mass is 456 g/mol. The minimum Gasteiger partial charge on any atom is -0.323 e. The maximum absolute atomic E-state index is 13.1. The highest BCUT2D eigenvalue weighted by Crippen LogP contribution is 2.30. The minimum atomic E-state index is -0.274. The van der Waals surface area contributed by atoms with Gasteiger partial charge in [-0.15, -0.1) is 0 Å². The lowest BCUT2D eigenvalue weighted by atomic mass is 10.1.